The van der Waals surface area contributed by atoms with Crippen LogP contribution in [0.3, 0.4) is 0 Å². The summed E-state index contributed by atoms with van der Waals surface area (Å²) < 4.78 is 43.3. The summed E-state index contributed by atoms with van der Waals surface area (Å²) in [4.78, 5) is 4.16. The van der Waals surface area contributed by atoms with Gasteiger partial charge in [-0.15, -0.1) is 24.0 Å². The molecule has 2 rings (SSSR count). The fourth-order valence-electron chi connectivity index (χ4n) is 2.96. The van der Waals surface area contributed by atoms with E-state index in [1.165, 1.54) is 12.1 Å². The fourth-order valence-corrected chi connectivity index (χ4v) is 2.96. The van der Waals surface area contributed by atoms with Gasteiger partial charge in [0, 0.05) is 42.9 Å². The van der Waals surface area contributed by atoms with Gasteiger partial charge in [0.05, 0.1) is 27.4 Å². The van der Waals surface area contributed by atoms with E-state index in [9.17, 15) is 8.78 Å². The molecule has 0 aromatic heterocycles. The van der Waals surface area contributed by atoms with E-state index in [2.05, 4.69) is 15.6 Å². The second-order valence-corrected chi connectivity index (χ2v) is 6.29. The molecule has 0 bridgehead atoms. The van der Waals surface area contributed by atoms with E-state index in [0.29, 0.717) is 41.7 Å². The number of nitrogens with one attached hydrogen (secondary N) is 2. The van der Waals surface area contributed by atoms with E-state index in [4.69, 9.17) is 14.2 Å². The average Bonchev–Trinajstić information content (AvgIpc) is 2.72. The van der Waals surface area contributed by atoms with E-state index in [1.807, 2.05) is 0 Å². The van der Waals surface area contributed by atoms with E-state index in [-0.39, 0.29) is 24.0 Å². The van der Waals surface area contributed by atoms with Crippen molar-refractivity contribution in [3.05, 3.63) is 53.1 Å². The fraction of sp³-hybridized carbons (Fsp3) is 0.381. The maximum absolute atomic E-state index is 14.0. The molecule has 6 nitrogen and oxygen atoms in total. The number of hydrogen-bond acceptors (Lipinski definition) is 4. The third-order valence-electron chi connectivity index (χ3n) is 4.49. The van der Waals surface area contributed by atoms with Crippen LogP contribution in [-0.2, 0) is 6.42 Å². The van der Waals surface area contributed by atoms with Gasteiger partial charge in [-0.25, -0.2) is 8.78 Å². The van der Waals surface area contributed by atoms with Crippen LogP contribution < -0.4 is 24.8 Å². The highest BCUT2D eigenvalue weighted by atomic mass is 127. The smallest absolute Gasteiger partial charge is 0.191 e. The molecule has 2 aromatic carbocycles. The lowest BCUT2D eigenvalue weighted by Crippen LogP contribution is -2.39. The number of guanidine groups is 1. The lowest BCUT2D eigenvalue weighted by Gasteiger charge is -2.20. The Kier molecular flexibility index (Phi) is 10.6. The molecular weight excluding hydrogens is 507 g/mol. The Hall–Kier alpha value is -2.30. The molecule has 0 fully saturated rings. The third kappa shape index (κ3) is 6.61. The highest BCUT2D eigenvalue weighted by Gasteiger charge is 2.15. The van der Waals surface area contributed by atoms with Gasteiger partial charge in [-0.05, 0) is 19.4 Å². The van der Waals surface area contributed by atoms with Crippen molar-refractivity contribution in [1.29, 1.82) is 0 Å². The van der Waals surface area contributed by atoms with Gasteiger partial charge < -0.3 is 24.8 Å². The molecule has 2 N–H and O–H groups in total. The minimum Gasteiger partial charge on any atom is -0.496 e. The highest BCUT2D eigenvalue weighted by Crippen LogP contribution is 2.34. The Morgan fingerprint density at radius 3 is 2.17 bits per heavy atom. The molecule has 0 aliphatic rings. The zero-order chi connectivity index (χ0) is 21.4. The topological polar surface area (TPSA) is 64.1 Å². The highest BCUT2D eigenvalue weighted by molar-refractivity contribution is 14.0. The molecule has 166 valence electrons. The van der Waals surface area contributed by atoms with E-state index >= 15 is 0 Å². The minimum absolute atomic E-state index is 0. The zero-order valence-electron chi connectivity index (χ0n) is 17.7. The Labute approximate surface area is 193 Å². The van der Waals surface area contributed by atoms with Gasteiger partial charge in [-0.2, -0.15) is 0 Å². The molecule has 30 heavy (non-hydrogen) atoms. The van der Waals surface area contributed by atoms with Crippen molar-refractivity contribution < 1.29 is 23.0 Å². The molecule has 0 aliphatic carbocycles. The molecule has 1 unspecified atom stereocenters. The number of nitrogens with zero attached hydrogens (tertiary/aromatic N) is 1. The van der Waals surface area contributed by atoms with Crippen molar-refractivity contribution in [3.63, 3.8) is 0 Å². The van der Waals surface area contributed by atoms with Crippen molar-refractivity contribution in [1.82, 2.24) is 10.6 Å². The molecule has 0 aliphatic heterocycles. The maximum atomic E-state index is 14.0. The SMILES string of the molecule is CN=C(NCCc1c(OC)cc(OC)cc1OC)NC(C)c1ccc(F)cc1F.I. The molecular formula is C21H28F2IN3O3. The Balaban J connectivity index is 0.00000450. The number of aliphatic imine (C=N–C) groups is 1. The number of ether oxygens (including phenoxy) is 3. The first kappa shape index (κ1) is 25.7. The van der Waals surface area contributed by atoms with Crippen LogP contribution >= 0.6 is 24.0 Å². The molecule has 1 atom stereocenters. The largest absolute Gasteiger partial charge is 0.496 e. The molecule has 0 heterocycles. The normalized spacial score (nSPS) is 11.9. The Bertz CT molecular complexity index is 840. The van der Waals surface area contributed by atoms with Crippen molar-refractivity contribution in [2.24, 2.45) is 4.99 Å². The molecule has 0 radical (unpaired) electrons. The summed E-state index contributed by atoms with van der Waals surface area (Å²) in [5, 5.41) is 6.28. The number of rotatable bonds is 8. The predicted molar refractivity (Wildman–Crippen MR) is 124 cm³/mol. The summed E-state index contributed by atoms with van der Waals surface area (Å²) in [6.07, 6.45) is 0.594. The first-order chi connectivity index (χ1) is 13.9. The van der Waals surface area contributed by atoms with Crippen molar-refractivity contribution >= 4 is 29.9 Å². The monoisotopic (exact) mass is 535 g/mol. The average molecular weight is 535 g/mol. The molecule has 2 aromatic rings. The van der Waals surface area contributed by atoms with Crippen molar-refractivity contribution in [3.8, 4) is 17.2 Å². The summed E-state index contributed by atoms with van der Waals surface area (Å²) in [6.45, 7) is 2.30. The van der Waals surface area contributed by atoms with Gasteiger partial charge in [-0.1, -0.05) is 6.07 Å². The van der Waals surface area contributed by atoms with Gasteiger partial charge in [0.2, 0.25) is 0 Å². The van der Waals surface area contributed by atoms with Crippen LogP contribution in [-0.4, -0.2) is 40.9 Å². The first-order valence-corrected chi connectivity index (χ1v) is 9.14. The second kappa shape index (κ2) is 12.4. The van der Waals surface area contributed by atoms with Crippen molar-refractivity contribution in [2.75, 3.05) is 34.9 Å². The summed E-state index contributed by atoms with van der Waals surface area (Å²) in [5.41, 5.74) is 1.24. The standard InChI is InChI=1S/C21H27F2N3O3.HI/c1-13(16-7-6-14(22)10-18(16)23)26-21(24-2)25-9-8-17-19(28-4)11-15(27-3)12-20(17)29-5;/h6-7,10-13H,8-9H2,1-5H3,(H2,24,25,26);1H. The predicted octanol–water partition coefficient (Wildman–Crippen LogP) is 4.08. The molecule has 0 amide bonds. The van der Waals surface area contributed by atoms with Gasteiger partial charge in [0.1, 0.15) is 28.9 Å². The number of hydrogen-bond donors (Lipinski definition) is 2. The lowest BCUT2D eigenvalue weighted by atomic mass is 10.1. The summed E-state index contributed by atoms with van der Waals surface area (Å²) in [6, 6.07) is 6.71. The number of methoxy groups -OCH3 is 3. The Morgan fingerprint density at radius 1 is 1.03 bits per heavy atom. The molecule has 9 heteroatoms. The van der Waals surface area contributed by atoms with Crippen LogP contribution in [0.2, 0.25) is 0 Å². The number of benzene rings is 2. The van der Waals surface area contributed by atoms with Crippen LogP contribution in [0.15, 0.2) is 35.3 Å². The van der Waals surface area contributed by atoms with Gasteiger partial charge in [0.25, 0.3) is 0 Å². The quantitative estimate of drug-likeness (QED) is 0.303. The summed E-state index contributed by atoms with van der Waals surface area (Å²) >= 11 is 0. The lowest BCUT2D eigenvalue weighted by molar-refractivity contribution is 0.368. The van der Waals surface area contributed by atoms with Gasteiger partial charge in [-0.3, -0.25) is 4.99 Å². The molecule has 0 saturated carbocycles. The third-order valence-corrected chi connectivity index (χ3v) is 4.49. The summed E-state index contributed by atoms with van der Waals surface area (Å²) in [5.74, 6) is 1.24. The van der Waals surface area contributed by atoms with Crippen LogP contribution in [0, 0.1) is 11.6 Å². The second-order valence-electron chi connectivity index (χ2n) is 6.29. The summed E-state index contributed by atoms with van der Waals surface area (Å²) in [7, 11) is 6.38. The van der Waals surface area contributed by atoms with Crippen LogP contribution in [0.25, 0.3) is 0 Å². The van der Waals surface area contributed by atoms with Crippen LogP contribution in [0.1, 0.15) is 24.1 Å². The molecule has 0 saturated heterocycles. The van der Waals surface area contributed by atoms with E-state index in [0.717, 1.165) is 11.6 Å². The Morgan fingerprint density at radius 2 is 1.67 bits per heavy atom. The minimum atomic E-state index is -0.608. The van der Waals surface area contributed by atoms with Crippen LogP contribution in [0.4, 0.5) is 8.78 Å². The van der Waals surface area contributed by atoms with Gasteiger partial charge >= 0.3 is 0 Å². The zero-order valence-corrected chi connectivity index (χ0v) is 20.0. The molecule has 0 spiro atoms. The van der Waals surface area contributed by atoms with Gasteiger partial charge in [0.15, 0.2) is 5.96 Å². The first-order valence-electron chi connectivity index (χ1n) is 9.14. The number of halogens is 3. The van der Waals surface area contributed by atoms with E-state index in [1.54, 1.807) is 47.4 Å². The maximum Gasteiger partial charge on any atom is 0.191 e. The van der Waals surface area contributed by atoms with Crippen molar-refractivity contribution in [2.45, 2.75) is 19.4 Å². The van der Waals surface area contributed by atoms with Crippen LogP contribution in [0.5, 0.6) is 17.2 Å². The van der Waals surface area contributed by atoms with E-state index < -0.39 is 17.7 Å².